The molecule has 5 nitrogen and oxygen atoms in total. The summed E-state index contributed by atoms with van der Waals surface area (Å²) in [6, 6.07) is 22.1. The number of carbonyl (C=O) groups is 2. The third kappa shape index (κ3) is 5.20. The molecule has 4 rings (SSSR count). The average Bonchev–Trinajstić information content (AvgIpc) is 2.88. The van der Waals surface area contributed by atoms with Gasteiger partial charge in [-0.3, -0.25) is 14.6 Å². The zero-order valence-electron chi connectivity index (χ0n) is 18.7. The number of nitrogens with zero attached hydrogens (tertiary/aromatic N) is 2. The van der Waals surface area contributed by atoms with Crippen LogP contribution in [0, 0.1) is 5.41 Å². The van der Waals surface area contributed by atoms with Crippen LogP contribution in [-0.4, -0.2) is 41.3 Å². The minimum absolute atomic E-state index is 0.0294. The van der Waals surface area contributed by atoms with Crippen LogP contribution in [0.25, 0.3) is 11.1 Å². The number of amides is 2. The molecule has 2 aromatic carbocycles. The lowest BCUT2D eigenvalue weighted by molar-refractivity contribution is -0.133. The van der Waals surface area contributed by atoms with E-state index in [1.807, 2.05) is 18.2 Å². The maximum absolute atomic E-state index is 13.4. The number of rotatable bonds is 7. The Kier molecular flexibility index (Phi) is 6.98. The SMILES string of the molecule is C=CCNC(=O)C1(Cc2ccc(-c3ccccc3)cc2)CCCN(C(=O)c2cccnc2)C1. The summed E-state index contributed by atoms with van der Waals surface area (Å²) in [6.45, 7) is 5.14. The molecule has 2 amide bonds. The van der Waals surface area contributed by atoms with Crippen molar-refractivity contribution in [1.82, 2.24) is 15.2 Å². The fourth-order valence-electron chi connectivity index (χ4n) is 4.58. The van der Waals surface area contributed by atoms with E-state index in [1.54, 1.807) is 35.5 Å². The van der Waals surface area contributed by atoms with Gasteiger partial charge in [0.2, 0.25) is 5.91 Å². The summed E-state index contributed by atoms with van der Waals surface area (Å²) in [6.07, 6.45) is 6.99. The fourth-order valence-corrected chi connectivity index (χ4v) is 4.58. The van der Waals surface area contributed by atoms with Crippen LogP contribution in [0.2, 0.25) is 0 Å². The first-order chi connectivity index (χ1) is 16.1. The van der Waals surface area contributed by atoms with Crippen LogP contribution in [-0.2, 0) is 11.2 Å². The van der Waals surface area contributed by atoms with E-state index in [0.717, 1.165) is 29.5 Å². The predicted octanol–water partition coefficient (Wildman–Crippen LogP) is 4.52. The van der Waals surface area contributed by atoms with E-state index >= 15 is 0 Å². The third-order valence-electron chi connectivity index (χ3n) is 6.26. The average molecular weight is 440 g/mol. The highest BCUT2D eigenvalue weighted by molar-refractivity contribution is 5.94. The summed E-state index contributed by atoms with van der Waals surface area (Å²) in [5, 5.41) is 2.99. The molecule has 168 valence electrons. The molecule has 1 atom stereocenters. The van der Waals surface area contributed by atoms with E-state index in [0.29, 0.717) is 31.6 Å². The first kappa shape index (κ1) is 22.5. The van der Waals surface area contributed by atoms with Crippen LogP contribution in [0.15, 0.2) is 91.8 Å². The van der Waals surface area contributed by atoms with Crippen molar-refractivity contribution in [3.8, 4) is 11.1 Å². The largest absolute Gasteiger partial charge is 0.352 e. The Morgan fingerprint density at radius 2 is 1.79 bits per heavy atom. The van der Waals surface area contributed by atoms with E-state index in [-0.39, 0.29) is 11.8 Å². The van der Waals surface area contributed by atoms with Gasteiger partial charge in [-0.05, 0) is 48.1 Å². The number of piperidine rings is 1. The molecule has 0 spiro atoms. The Balaban J connectivity index is 1.58. The molecule has 2 heterocycles. The minimum Gasteiger partial charge on any atom is -0.352 e. The molecule has 1 fully saturated rings. The molecule has 3 aromatic rings. The molecule has 0 aliphatic carbocycles. The highest BCUT2D eigenvalue weighted by Gasteiger charge is 2.43. The summed E-state index contributed by atoms with van der Waals surface area (Å²) in [4.78, 5) is 32.4. The molecule has 5 heteroatoms. The summed E-state index contributed by atoms with van der Waals surface area (Å²) in [7, 11) is 0. The molecule has 1 N–H and O–H groups in total. The highest BCUT2D eigenvalue weighted by Crippen LogP contribution is 2.35. The second kappa shape index (κ2) is 10.3. The van der Waals surface area contributed by atoms with Crippen molar-refractivity contribution in [2.75, 3.05) is 19.6 Å². The van der Waals surface area contributed by atoms with Crippen molar-refractivity contribution < 1.29 is 9.59 Å². The van der Waals surface area contributed by atoms with Gasteiger partial charge in [-0.1, -0.05) is 60.7 Å². The summed E-state index contributed by atoms with van der Waals surface area (Å²) < 4.78 is 0. The normalized spacial score (nSPS) is 17.9. The molecule has 1 unspecified atom stereocenters. The van der Waals surface area contributed by atoms with E-state index in [2.05, 4.69) is 53.3 Å². The van der Waals surface area contributed by atoms with Gasteiger partial charge >= 0.3 is 0 Å². The molecule has 0 bridgehead atoms. The van der Waals surface area contributed by atoms with E-state index in [1.165, 1.54) is 0 Å². The maximum atomic E-state index is 13.4. The van der Waals surface area contributed by atoms with Gasteiger partial charge in [0, 0.05) is 32.0 Å². The van der Waals surface area contributed by atoms with Gasteiger partial charge in [0.05, 0.1) is 11.0 Å². The summed E-state index contributed by atoms with van der Waals surface area (Å²) in [5.41, 5.74) is 3.24. The molecule has 0 saturated carbocycles. The standard InChI is InChI=1S/C28H29N3O2/c1-2-16-30-27(33)28(15-7-18-31(21-28)26(32)25-10-6-17-29-20-25)19-22-11-13-24(14-12-22)23-8-4-3-5-9-23/h2-6,8-14,17,20H,1,7,15-16,18-19,21H2,(H,30,33). The smallest absolute Gasteiger partial charge is 0.255 e. The summed E-state index contributed by atoms with van der Waals surface area (Å²) in [5.74, 6) is -0.110. The number of hydrogen-bond donors (Lipinski definition) is 1. The summed E-state index contributed by atoms with van der Waals surface area (Å²) >= 11 is 0. The number of aromatic nitrogens is 1. The lowest BCUT2D eigenvalue weighted by atomic mass is 9.74. The van der Waals surface area contributed by atoms with Crippen molar-refractivity contribution in [1.29, 1.82) is 0 Å². The zero-order valence-corrected chi connectivity index (χ0v) is 18.7. The van der Waals surface area contributed by atoms with Gasteiger partial charge in [0.1, 0.15) is 0 Å². The van der Waals surface area contributed by atoms with Crippen molar-refractivity contribution in [2.24, 2.45) is 5.41 Å². The number of carbonyl (C=O) groups excluding carboxylic acids is 2. The Labute approximate surface area is 195 Å². The van der Waals surface area contributed by atoms with Gasteiger partial charge < -0.3 is 10.2 Å². The van der Waals surface area contributed by atoms with Crippen molar-refractivity contribution in [3.05, 3.63) is 103 Å². The molecule has 1 aromatic heterocycles. The Bertz CT molecular complexity index is 1100. The Hall–Kier alpha value is -3.73. The number of benzene rings is 2. The van der Waals surface area contributed by atoms with Gasteiger partial charge in [0.15, 0.2) is 0 Å². The van der Waals surface area contributed by atoms with Gasteiger partial charge in [-0.2, -0.15) is 0 Å². The monoisotopic (exact) mass is 439 g/mol. The fraction of sp³-hybridized carbons (Fsp3) is 0.250. The van der Waals surface area contributed by atoms with Crippen LogP contribution < -0.4 is 5.32 Å². The third-order valence-corrected chi connectivity index (χ3v) is 6.26. The topological polar surface area (TPSA) is 62.3 Å². The Morgan fingerprint density at radius 3 is 2.48 bits per heavy atom. The van der Waals surface area contributed by atoms with Crippen molar-refractivity contribution in [3.63, 3.8) is 0 Å². The first-order valence-electron chi connectivity index (χ1n) is 11.3. The maximum Gasteiger partial charge on any atom is 0.255 e. The molecular formula is C28H29N3O2. The first-order valence-corrected chi connectivity index (χ1v) is 11.3. The molecule has 1 aliphatic rings. The van der Waals surface area contributed by atoms with Gasteiger partial charge in [-0.25, -0.2) is 0 Å². The second-order valence-electron chi connectivity index (χ2n) is 8.59. The highest BCUT2D eigenvalue weighted by atomic mass is 16.2. The van der Waals surface area contributed by atoms with Crippen LogP contribution in [0.1, 0.15) is 28.8 Å². The van der Waals surface area contributed by atoms with Gasteiger partial charge in [-0.15, -0.1) is 6.58 Å². The van der Waals surface area contributed by atoms with E-state index in [4.69, 9.17) is 0 Å². The number of pyridine rings is 1. The van der Waals surface area contributed by atoms with Crippen molar-refractivity contribution >= 4 is 11.8 Å². The lowest BCUT2D eigenvalue weighted by Crippen LogP contribution is -2.54. The van der Waals surface area contributed by atoms with Crippen molar-refractivity contribution in [2.45, 2.75) is 19.3 Å². The molecule has 33 heavy (non-hydrogen) atoms. The number of hydrogen-bond acceptors (Lipinski definition) is 3. The zero-order chi connectivity index (χ0) is 23.1. The van der Waals surface area contributed by atoms with Crippen LogP contribution in [0.3, 0.4) is 0 Å². The second-order valence-corrected chi connectivity index (χ2v) is 8.59. The quantitative estimate of drug-likeness (QED) is 0.551. The van der Waals surface area contributed by atoms with E-state index < -0.39 is 5.41 Å². The Morgan fingerprint density at radius 1 is 1.03 bits per heavy atom. The molecular weight excluding hydrogens is 410 g/mol. The van der Waals surface area contributed by atoms with Crippen LogP contribution in [0.4, 0.5) is 0 Å². The van der Waals surface area contributed by atoms with Crippen LogP contribution in [0.5, 0.6) is 0 Å². The van der Waals surface area contributed by atoms with E-state index in [9.17, 15) is 9.59 Å². The van der Waals surface area contributed by atoms with Crippen LogP contribution >= 0.6 is 0 Å². The van der Waals surface area contributed by atoms with Gasteiger partial charge in [0.25, 0.3) is 5.91 Å². The minimum atomic E-state index is -0.687. The molecule has 0 radical (unpaired) electrons. The predicted molar refractivity (Wildman–Crippen MR) is 131 cm³/mol. The lowest BCUT2D eigenvalue weighted by Gasteiger charge is -2.42. The number of nitrogens with one attached hydrogen (secondary N) is 1. The number of likely N-dealkylation sites (tertiary alicyclic amines) is 1. The molecule has 1 aliphatic heterocycles. The molecule has 1 saturated heterocycles.